The number of anilines is 1. The largest absolute Gasteiger partial charge is 0.362 e. The highest BCUT2D eigenvalue weighted by atomic mass is 14.8. The lowest BCUT2D eigenvalue weighted by atomic mass is 10.00. The van der Waals surface area contributed by atoms with Gasteiger partial charge < -0.3 is 5.32 Å². The second-order valence-corrected chi connectivity index (χ2v) is 3.74. The molecule has 0 saturated heterocycles. The van der Waals surface area contributed by atoms with E-state index in [4.69, 9.17) is 0 Å². The highest BCUT2D eigenvalue weighted by Gasteiger charge is 2.01. The number of hydrogen-bond acceptors (Lipinski definition) is 1. The van der Waals surface area contributed by atoms with Crippen molar-refractivity contribution in [2.24, 2.45) is 0 Å². The third kappa shape index (κ3) is 2.14. The minimum atomic E-state index is 1.07. The quantitative estimate of drug-likeness (QED) is 0.798. The lowest BCUT2D eigenvalue weighted by molar-refractivity contribution is 1.45. The summed E-state index contributed by atoms with van der Waals surface area (Å²) >= 11 is 0. The van der Waals surface area contributed by atoms with Crippen LogP contribution < -0.4 is 5.32 Å². The van der Waals surface area contributed by atoms with Gasteiger partial charge in [0.2, 0.25) is 0 Å². The molecule has 1 nitrogen and oxygen atoms in total. The molecule has 2 aromatic carbocycles. The number of benzene rings is 2. The van der Waals surface area contributed by atoms with Crippen molar-refractivity contribution in [1.82, 2.24) is 0 Å². The van der Waals surface area contributed by atoms with Crippen molar-refractivity contribution in [2.75, 3.05) is 5.32 Å². The molecule has 0 aliphatic rings. The van der Waals surface area contributed by atoms with Gasteiger partial charge in [0.1, 0.15) is 0 Å². The lowest BCUT2D eigenvalue weighted by Crippen LogP contribution is -1.89. The van der Waals surface area contributed by atoms with Crippen LogP contribution in [0.1, 0.15) is 5.56 Å². The van der Waals surface area contributed by atoms with Crippen LogP contribution in [0.2, 0.25) is 0 Å². The van der Waals surface area contributed by atoms with Crippen LogP contribution >= 0.6 is 0 Å². The highest BCUT2D eigenvalue weighted by molar-refractivity contribution is 5.71. The van der Waals surface area contributed by atoms with Crippen LogP contribution in [0.4, 0.5) is 5.69 Å². The SMILES string of the molecule is C=CNc1ccc(C)c(-c2ccccc2)c1. The summed E-state index contributed by atoms with van der Waals surface area (Å²) in [6.45, 7) is 5.79. The van der Waals surface area contributed by atoms with Gasteiger partial charge in [-0.2, -0.15) is 0 Å². The number of aryl methyl sites for hydroxylation is 1. The van der Waals surface area contributed by atoms with Crippen molar-refractivity contribution >= 4 is 5.69 Å². The molecule has 0 atom stereocenters. The zero-order chi connectivity index (χ0) is 11.4. The summed E-state index contributed by atoms with van der Waals surface area (Å²) in [4.78, 5) is 0. The van der Waals surface area contributed by atoms with Gasteiger partial charge in [-0.25, -0.2) is 0 Å². The van der Waals surface area contributed by atoms with E-state index in [9.17, 15) is 0 Å². The Bertz CT molecular complexity index is 486. The Morgan fingerprint density at radius 2 is 1.81 bits per heavy atom. The Kier molecular flexibility index (Phi) is 3.06. The van der Waals surface area contributed by atoms with E-state index < -0.39 is 0 Å². The highest BCUT2D eigenvalue weighted by Crippen LogP contribution is 2.26. The van der Waals surface area contributed by atoms with E-state index in [-0.39, 0.29) is 0 Å². The van der Waals surface area contributed by atoms with Crippen molar-refractivity contribution in [2.45, 2.75) is 6.92 Å². The molecule has 0 aromatic heterocycles. The van der Waals surface area contributed by atoms with Gasteiger partial charge in [0.15, 0.2) is 0 Å². The minimum Gasteiger partial charge on any atom is -0.362 e. The zero-order valence-electron chi connectivity index (χ0n) is 9.40. The van der Waals surface area contributed by atoms with Gasteiger partial charge in [-0.15, -0.1) is 0 Å². The van der Waals surface area contributed by atoms with E-state index in [0.29, 0.717) is 0 Å². The summed E-state index contributed by atoms with van der Waals surface area (Å²) in [6, 6.07) is 16.7. The zero-order valence-corrected chi connectivity index (χ0v) is 9.40. The van der Waals surface area contributed by atoms with Gasteiger partial charge in [-0.1, -0.05) is 43.0 Å². The van der Waals surface area contributed by atoms with Crippen molar-refractivity contribution in [1.29, 1.82) is 0 Å². The van der Waals surface area contributed by atoms with Crippen LogP contribution in [0.3, 0.4) is 0 Å². The smallest absolute Gasteiger partial charge is 0.0385 e. The molecule has 0 bridgehead atoms. The van der Waals surface area contributed by atoms with E-state index in [2.05, 4.69) is 61.3 Å². The summed E-state index contributed by atoms with van der Waals surface area (Å²) in [6.07, 6.45) is 1.69. The maximum Gasteiger partial charge on any atom is 0.0385 e. The molecule has 0 aliphatic carbocycles. The molecule has 0 aliphatic heterocycles. The van der Waals surface area contributed by atoms with Crippen molar-refractivity contribution < 1.29 is 0 Å². The first-order chi connectivity index (χ1) is 7.81. The van der Waals surface area contributed by atoms with Gasteiger partial charge in [-0.05, 0) is 41.9 Å². The van der Waals surface area contributed by atoms with Crippen LogP contribution in [0.5, 0.6) is 0 Å². The topological polar surface area (TPSA) is 12.0 Å². The minimum absolute atomic E-state index is 1.07. The molecule has 0 heterocycles. The Labute approximate surface area is 96.4 Å². The normalized spacial score (nSPS) is 9.81. The fraction of sp³-hybridized carbons (Fsp3) is 0.0667. The number of nitrogens with one attached hydrogen (secondary N) is 1. The van der Waals surface area contributed by atoms with E-state index in [1.165, 1.54) is 16.7 Å². The molecule has 16 heavy (non-hydrogen) atoms. The van der Waals surface area contributed by atoms with E-state index in [1.54, 1.807) is 6.20 Å². The third-order valence-electron chi connectivity index (χ3n) is 2.59. The maximum absolute atomic E-state index is 3.67. The standard InChI is InChI=1S/C15H15N/c1-3-16-14-10-9-12(2)15(11-14)13-7-5-4-6-8-13/h3-11,16H,1H2,2H3. The fourth-order valence-corrected chi connectivity index (χ4v) is 1.76. The molecule has 1 N–H and O–H groups in total. The third-order valence-corrected chi connectivity index (χ3v) is 2.59. The van der Waals surface area contributed by atoms with Crippen molar-refractivity contribution in [3.63, 3.8) is 0 Å². The van der Waals surface area contributed by atoms with E-state index in [1.807, 2.05) is 6.07 Å². The Morgan fingerprint density at radius 1 is 1.06 bits per heavy atom. The Morgan fingerprint density at radius 3 is 2.50 bits per heavy atom. The summed E-state index contributed by atoms with van der Waals surface area (Å²) in [5.41, 5.74) is 4.85. The van der Waals surface area contributed by atoms with Crippen LogP contribution in [-0.4, -0.2) is 0 Å². The van der Waals surface area contributed by atoms with Gasteiger partial charge >= 0.3 is 0 Å². The molecule has 0 spiro atoms. The average Bonchev–Trinajstić information content (AvgIpc) is 2.33. The summed E-state index contributed by atoms with van der Waals surface area (Å²) in [5, 5.41) is 3.11. The van der Waals surface area contributed by atoms with Crippen molar-refractivity contribution in [3.8, 4) is 11.1 Å². The molecule has 0 saturated carbocycles. The van der Waals surface area contributed by atoms with E-state index >= 15 is 0 Å². The van der Waals surface area contributed by atoms with Crippen LogP contribution in [-0.2, 0) is 0 Å². The molecule has 0 amide bonds. The number of hydrogen-bond donors (Lipinski definition) is 1. The summed E-state index contributed by atoms with van der Waals surface area (Å²) < 4.78 is 0. The Hall–Kier alpha value is -2.02. The van der Waals surface area contributed by atoms with Crippen LogP contribution in [0.25, 0.3) is 11.1 Å². The second-order valence-electron chi connectivity index (χ2n) is 3.74. The summed E-state index contributed by atoms with van der Waals surface area (Å²) in [7, 11) is 0. The molecule has 0 radical (unpaired) electrons. The maximum atomic E-state index is 3.67. The number of rotatable bonds is 3. The fourth-order valence-electron chi connectivity index (χ4n) is 1.76. The predicted molar refractivity (Wildman–Crippen MR) is 70.4 cm³/mol. The molecule has 2 aromatic rings. The van der Waals surface area contributed by atoms with Crippen LogP contribution in [0, 0.1) is 6.92 Å². The lowest BCUT2D eigenvalue weighted by Gasteiger charge is -2.09. The van der Waals surface area contributed by atoms with Crippen LogP contribution in [0.15, 0.2) is 61.3 Å². The monoisotopic (exact) mass is 209 g/mol. The molecule has 80 valence electrons. The second kappa shape index (κ2) is 4.67. The van der Waals surface area contributed by atoms with Gasteiger partial charge in [0.05, 0.1) is 0 Å². The Balaban J connectivity index is 2.47. The average molecular weight is 209 g/mol. The molecule has 1 heteroatoms. The summed E-state index contributed by atoms with van der Waals surface area (Å²) in [5.74, 6) is 0. The first kappa shape index (κ1) is 10.5. The van der Waals surface area contributed by atoms with Gasteiger partial charge in [-0.3, -0.25) is 0 Å². The molecular weight excluding hydrogens is 194 g/mol. The molecule has 2 rings (SSSR count). The van der Waals surface area contributed by atoms with Gasteiger partial charge in [0.25, 0.3) is 0 Å². The van der Waals surface area contributed by atoms with E-state index in [0.717, 1.165) is 5.69 Å². The molecule has 0 fully saturated rings. The molecule has 0 unspecified atom stereocenters. The van der Waals surface area contributed by atoms with Crippen molar-refractivity contribution in [3.05, 3.63) is 66.9 Å². The first-order valence-electron chi connectivity index (χ1n) is 5.35. The predicted octanol–water partition coefficient (Wildman–Crippen LogP) is 4.22. The first-order valence-corrected chi connectivity index (χ1v) is 5.35. The molecular formula is C15H15N. The van der Waals surface area contributed by atoms with Gasteiger partial charge in [0, 0.05) is 5.69 Å².